The molecule has 0 radical (unpaired) electrons. The van der Waals surface area contributed by atoms with Crippen molar-refractivity contribution in [3.8, 4) is 0 Å². The topological polar surface area (TPSA) is 109 Å². The molecule has 6 atom stereocenters. The molecular formula is C54H58F8N10O2. The highest BCUT2D eigenvalue weighted by molar-refractivity contribution is 6.11. The molecule has 20 heteroatoms. The van der Waals surface area contributed by atoms with Gasteiger partial charge >= 0.3 is 12.4 Å². The number of likely N-dealkylation sites (tertiary alicyclic amines) is 2. The summed E-state index contributed by atoms with van der Waals surface area (Å²) in [6.07, 6.45) is -5.96. The summed E-state index contributed by atoms with van der Waals surface area (Å²) < 4.78 is 116. The summed E-state index contributed by atoms with van der Waals surface area (Å²) in [6, 6.07) is 19.2. The van der Waals surface area contributed by atoms with Crippen LogP contribution in [0.4, 0.5) is 46.5 Å². The number of carbonyl (C=O) groups is 2. The lowest BCUT2D eigenvalue weighted by atomic mass is 9.95. The molecule has 0 spiro atoms. The highest BCUT2D eigenvalue weighted by atomic mass is 19.4. The van der Waals surface area contributed by atoms with Gasteiger partial charge in [0.1, 0.15) is 36.6 Å². The van der Waals surface area contributed by atoms with Crippen LogP contribution < -0.4 is 9.80 Å². The Balaban J connectivity index is 0.000000182. The molecule has 0 saturated carbocycles. The lowest BCUT2D eigenvalue weighted by Gasteiger charge is -2.25. The van der Waals surface area contributed by atoms with Crippen LogP contribution in [-0.2, 0) is 52.4 Å². The molecule has 12 nitrogen and oxygen atoms in total. The van der Waals surface area contributed by atoms with Gasteiger partial charge in [-0.2, -0.15) is 26.3 Å². The second kappa shape index (κ2) is 20.6. The zero-order valence-corrected chi connectivity index (χ0v) is 41.9. The number of nitrogens with zero attached hydrogens (tertiary/aromatic N) is 10. The van der Waals surface area contributed by atoms with E-state index in [1.54, 1.807) is 50.8 Å². The minimum Gasteiger partial charge on any atom is -0.321 e. The number of rotatable bonds is 12. The number of aromatic nitrogens is 6. The zero-order chi connectivity index (χ0) is 53.0. The number of amides is 2. The quantitative estimate of drug-likeness (QED) is 0.112. The highest BCUT2D eigenvalue weighted by Crippen LogP contribution is 2.44. The number of hydrogen-bond donors (Lipinski definition) is 0. The lowest BCUT2D eigenvalue weighted by molar-refractivity contribution is -0.139. The van der Waals surface area contributed by atoms with Crippen molar-refractivity contribution in [2.45, 2.75) is 115 Å². The van der Waals surface area contributed by atoms with Crippen molar-refractivity contribution in [1.82, 2.24) is 39.3 Å². The monoisotopic (exact) mass is 1030 g/mol. The van der Waals surface area contributed by atoms with Crippen LogP contribution in [0.25, 0.3) is 0 Å². The summed E-state index contributed by atoms with van der Waals surface area (Å²) in [5.41, 5.74) is 2.23. The van der Waals surface area contributed by atoms with E-state index in [2.05, 4.69) is 20.4 Å². The number of aryl methyl sites for hydroxylation is 2. The van der Waals surface area contributed by atoms with Gasteiger partial charge in [0.05, 0.1) is 24.2 Å². The Hall–Kier alpha value is -6.54. The first-order valence-corrected chi connectivity index (χ1v) is 24.8. The van der Waals surface area contributed by atoms with Crippen LogP contribution in [0, 0.1) is 0 Å². The molecule has 2 saturated heterocycles. The predicted molar refractivity (Wildman–Crippen MR) is 262 cm³/mol. The van der Waals surface area contributed by atoms with Crippen molar-refractivity contribution in [3.63, 3.8) is 0 Å². The summed E-state index contributed by atoms with van der Waals surface area (Å²) >= 11 is 0. The second-order valence-corrected chi connectivity index (χ2v) is 20.2. The maximum atomic E-state index is 14.1. The highest BCUT2D eigenvalue weighted by Gasteiger charge is 2.43. The normalized spacial score (nSPS) is 19.9. The Labute approximate surface area is 424 Å². The standard InChI is InChI=1S/2C27H29F4N5O/c2*1-16(9-25-33-32-15-34(25)3)18-5-4-6-21(10-18)36-14-23-22(26(36)37)11-19(12-24(23)27(29,30)31)17(2)35-8-7-20(28)13-35/h2*4-6,10-12,15-17,20H,7-9,13-14H2,1-3H3/t16-,17+,20+;16-,17-,20+/m11/s1. The van der Waals surface area contributed by atoms with E-state index >= 15 is 0 Å². The minimum atomic E-state index is -4.61. The maximum Gasteiger partial charge on any atom is 0.416 e. The van der Waals surface area contributed by atoms with E-state index < -0.39 is 59.7 Å². The fourth-order valence-electron chi connectivity index (χ4n) is 10.6. The molecule has 0 unspecified atom stereocenters. The third kappa shape index (κ3) is 10.7. The van der Waals surface area contributed by atoms with E-state index in [1.165, 1.54) is 9.80 Å². The Morgan fingerprint density at radius 3 is 1.28 bits per heavy atom. The molecule has 6 aromatic rings. The van der Waals surface area contributed by atoms with Gasteiger partial charge in [-0.15, -0.1) is 20.4 Å². The second-order valence-electron chi connectivity index (χ2n) is 20.2. The molecule has 2 aromatic heterocycles. The van der Waals surface area contributed by atoms with Crippen molar-refractivity contribution < 1.29 is 44.7 Å². The van der Waals surface area contributed by atoms with Crippen LogP contribution in [0.5, 0.6) is 0 Å². The van der Waals surface area contributed by atoms with E-state index in [1.807, 2.05) is 83.3 Å². The number of benzene rings is 4. The molecule has 74 heavy (non-hydrogen) atoms. The van der Waals surface area contributed by atoms with E-state index in [-0.39, 0.29) is 60.3 Å². The minimum absolute atomic E-state index is 0.0178. The van der Waals surface area contributed by atoms with Crippen molar-refractivity contribution >= 4 is 23.2 Å². The van der Waals surface area contributed by atoms with Crippen molar-refractivity contribution in [1.29, 1.82) is 0 Å². The number of anilines is 2. The van der Waals surface area contributed by atoms with Crippen LogP contribution >= 0.6 is 0 Å². The molecule has 4 aromatic carbocycles. The van der Waals surface area contributed by atoms with Gasteiger partial charge in [0.25, 0.3) is 11.8 Å². The molecule has 2 amide bonds. The van der Waals surface area contributed by atoms with Gasteiger partial charge in [0.2, 0.25) is 0 Å². The molecule has 10 rings (SSSR count). The van der Waals surface area contributed by atoms with Crippen LogP contribution in [0.15, 0.2) is 85.5 Å². The van der Waals surface area contributed by atoms with Gasteiger partial charge in [-0.1, -0.05) is 38.1 Å². The summed E-state index contributed by atoms with van der Waals surface area (Å²) in [7, 11) is 3.73. The molecule has 392 valence electrons. The smallest absolute Gasteiger partial charge is 0.321 e. The molecule has 0 N–H and O–H groups in total. The summed E-state index contributed by atoms with van der Waals surface area (Å²) in [5, 5.41) is 16.1. The largest absolute Gasteiger partial charge is 0.416 e. The van der Waals surface area contributed by atoms with Gasteiger partial charge in [0, 0.05) is 87.7 Å². The molecular weight excluding hydrogens is 973 g/mol. The molecule has 4 aliphatic heterocycles. The molecule has 4 aliphatic rings. The van der Waals surface area contributed by atoms with Crippen LogP contribution in [-0.4, -0.2) is 89.7 Å². The van der Waals surface area contributed by atoms with E-state index in [9.17, 15) is 44.7 Å². The number of fused-ring (bicyclic) bond motifs is 2. The predicted octanol–water partition coefficient (Wildman–Crippen LogP) is 10.9. The average Bonchev–Trinajstić information content (AvgIpc) is 4.26. The Bertz CT molecular complexity index is 2840. The molecule has 0 aliphatic carbocycles. The number of carbonyl (C=O) groups excluding carboxylic acids is 2. The van der Waals surface area contributed by atoms with Gasteiger partial charge in [-0.3, -0.25) is 19.4 Å². The van der Waals surface area contributed by atoms with Gasteiger partial charge in [0.15, 0.2) is 0 Å². The SMILES string of the molecule is C[C@H](Cc1nncn1C)c1cccc(N2Cc3c(cc([C@@H](C)N4CC[C@H](F)C4)cc3C(F)(F)F)C2=O)c1.C[C@H](Cc1nncn1C)c1cccc(N2Cc3c(cc([C@H](C)N4CC[C@H](F)C4)cc3C(F)(F)F)C2=O)c1. The van der Waals surface area contributed by atoms with Crippen molar-refractivity contribution in [3.05, 3.63) is 153 Å². The van der Waals surface area contributed by atoms with E-state index in [0.717, 1.165) is 34.9 Å². The molecule has 0 bridgehead atoms. The molecule has 2 fully saturated rings. The summed E-state index contributed by atoms with van der Waals surface area (Å²) in [6.45, 7) is 8.58. The Morgan fingerprint density at radius 2 is 0.959 bits per heavy atom. The van der Waals surface area contributed by atoms with Crippen LogP contribution in [0.1, 0.15) is 141 Å². The zero-order valence-electron chi connectivity index (χ0n) is 41.9. The third-order valence-corrected chi connectivity index (χ3v) is 15.2. The first-order valence-electron chi connectivity index (χ1n) is 24.8. The lowest BCUT2D eigenvalue weighted by Crippen LogP contribution is -2.25. The third-order valence-electron chi connectivity index (χ3n) is 15.2. The van der Waals surface area contributed by atoms with Gasteiger partial charge in [-0.25, -0.2) is 8.78 Å². The average molecular weight is 1030 g/mol. The first kappa shape index (κ1) is 52.3. The number of hydrogen-bond acceptors (Lipinski definition) is 8. The Kier molecular flexibility index (Phi) is 14.6. The fourth-order valence-corrected chi connectivity index (χ4v) is 10.6. The number of halogens is 8. The fraction of sp³-hybridized carbons (Fsp3) is 0.444. The van der Waals surface area contributed by atoms with E-state index in [4.69, 9.17) is 0 Å². The van der Waals surface area contributed by atoms with Crippen molar-refractivity contribution in [2.24, 2.45) is 14.1 Å². The summed E-state index contributed by atoms with van der Waals surface area (Å²) in [4.78, 5) is 33.4. The first-order chi connectivity index (χ1) is 35.0. The number of alkyl halides is 8. The van der Waals surface area contributed by atoms with E-state index in [0.29, 0.717) is 61.3 Å². The Morgan fingerprint density at radius 1 is 0.568 bits per heavy atom. The van der Waals surface area contributed by atoms with Gasteiger partial charge < -0.3 is 18.9 Å². The van der Waals surface area contributed by atoms with Crippen LogP contribution in [0.3, 0.4) is 0 Å². The maximum absolute atomic E-state index is 14.1. The summed E-state index contributed by atoms with van der Waals surface area (Å²) in [5.74, 6) is 0.823. The molecule has 6 heterocycles. The van der Waals surface area contributed by atoms with Crippen molar-refractivity contribution in [2.75, 3.05) is 36.0 Å². The van der Waals surface area contributed by atoms with Crippen LogP contribution in [0.2, 0.25) is 0 Å². The van der Waals surface area contributed by atoms with Gasteiger partial charge in [-0.05, 0) is 120 Å².